The molecule has 0 radical (unpaired) electrons. The molecule has 0 spiro atoms. The Labute approximate surface area is 109 Å². The van der Waals surface area contributed by atoms with Gasteiger partial charge in [0, 0.05) is 18.9 Å². The van der Waals surface area contributed by atoms with Gasteiger partial charge in [-0.3, -0.25) is 4.40 Å². The lowest BCUT2D eigenvalue weighted by Crippen LogP contribution is -2.04. The largest absolute Gasteiger partial charge is 0.363 e. The van der Waals surface area contributed by atoms with Crippen LogP contribution in [0.2, 0.25) is 0 Å². The molecule has 0 saturated carbocycles. The van der Waals surface area contributed by atoms with Gasteiger partial charge in [-0.2, -0.15) is 11.3 Å². The minimum Gasteiger partial charge on any atom is -0.363 e. The summed E-state index contributed by atoms with van der Waals surface area (Å²) in [7, 11) is 0. The normalized spacial score (nSPS) is 11.0. The van der Waals surface area contributed by atoms with Crippen LogP contribution >= 0.6 is 11.3 Å². The number of fused-ring (bicyclic) bond motifs is 1. The van der Waals surface area contributed by atoms with Crippen LogP contribution in [0.4, 0.5) is 5.82 Å². The Morgan fingerprint density at radius 3 is 2.94 bits per heavy atom. The van der Waals surface area contributed by atoms with Crippen molar-refractivity contribution in [2.45, 2.75) is 20.4 Å². The summed E-state index contributed by atoms with van der Waals surface area (Å²) in [6.07, 6.45) is 3.62. The van der Waals surface area contributed by atoms with E-state index in [9.17, 15) is 0 Å². The van der Waals surface area contributed by atoms with Crippen molar-refractivity contribution >= 4 is 22.8 Å². The Morgan fingerprint density at radius 1 is 1.28 bits per heavy atom. The van der Waals surface area contributed by atoms with Crippen molar-refractivity contribution in [3.05, 3.63) is 40.1 Å². The first-order chi connectivity index (χ1) is 8.75. The van der Waals surface area contributed by atoms with E-state index in [2.05, 4.69) is 38.2 Å². The summed E-state index contributed by atoms with van der Waals surface area (Å²) in [5, 5.41) is 15.8. The number of nitrogens with one attached hydrogen (secondary N) is 1. The summed E-state index contributed by atoms with van der Waals surface area (Å²) in [6, 6.07) is 0. The Bertz CT molecular complexity index is 685. The third kappa shape index (κ3) is 1.84. The zero-order valence-corrected chi connectivity index (χ0v) is 11.0. The van der Waals surface area contributed by atoms with Gasteiger partial charge in [-0.25, -0.2) is 4.98 Å². The summed E-state index contributed by atoms with van der Waals surface area (Å²) in [6.45, 7) is 4.80. The molecule has 0 aliphatic rings. The maximum absolute atomic E-state index is 4.32. The Hall–Kier alpha value is -1.95. The van der Waals surface area contributed by atoms with Crippen molar-refractivity contribution in [1.82, 2.24) is 19.6 Å². The van der Waals surface area contributed by atoms with Crippen LogP contribution in [0.25, 0.3) is 5.65 Å². The van der Waals surface area contributed by atoms with Gasteiger partial charge in [0.2, 0.25) is 5.65 Å². The van der Waals surface area contributed by atoms with Crippen LogP contribution < -0.4 is 5.32 Å². The second kappa shape index (κ2) is 4.38. The molecule has 0 aliphatic carbocycles. The lowest BCUT2D eigenvalue weighted by molar-refractivity contribution is 1.000. The van der Waals surface area contributed by atoms with Crippen molar-refractivity contribution in [2.75, 3.05) is 5.32 Å². The summed E-state index contributed by atoms with van der Waals surface area (Å²) >= 11 is 1.72. The number of aryl methyl sites for hydroxylation is 2. The zero-order valence-electron chi connectivity index (χ0n) is 10.2. The van der Waals surface area contributed by atoms with Gasteiger partial charge in [-0.1, -0.05) is 0 Å². The first-order valence-corrected chi connectivity index (χ1v) is 6.62. The Morgan fingerprint density at radius 2 is 2.17 bits per heavy atom. The second-order valence-electron chi connectivity index (χ2n) is 4.15. The SMILES string of the molecule is Cc1cscc1CNc1nccn2c(C)nnc12. The van der Waals surface area contributed by atoms with Gasteiger partial charge in [-0.15, -0.1) is 10.2 Å². The molecule has 0 atom stereocenters. The van der Waals surface area contributed by atoms with E-state index in [1.165, 1.54) is 11.1 Å². The quantitative estimate of drug-likeness (QED) is 0.784. The minimum atomic E-state index is 0.758. The summed E-state index contributed by atoms with van der Waals surface area (Å²) < 4.78 is 1.93. The second-order valence-corrected chi connectivity index (χ2v) is 4.89. The average molecular weight is 259 g/mol. The van der Waals surface area contributed by atoms with Gasteiger partial charge in [0.25, 0.3) is 0 Å². The molecule has 0 aliphatic heterocycles. The van der Waals surface area contributed by atoms with Crippen molar-refractivity contribution in [1.29, 1.82) is 0 Å². The summed E-state index contributed by atoms with van der Waals surface area (Å²) in [4.78, 5) is 4.32. The van der Waals surface area contributed by atoms with Crippen LogP contribution in [-0.2, 0) is 6.54 Å². The maximum atomic E-state index is 4.32. The predicted octanol–water partition coefficient (Wildman–Crippen LogP) is 2.41. The average Bonchev–Trinajstić information content (AvgIpc) is 2.95. The summed E-state index contributed by atoms with van der Waals surface area (Å²) in [5.41, 5.74) is 3.36. The van der Waals surface area contributed by atoms with Crippen LogP contribution in [-0.4, -0.2) is 19.6 Å². The Balaban J connectivity index is 1.89. The molecule has 0 saturated heterocycles. The van der Waals surface area contributed by atoms with E-state index in [4.69, 9.17) is 0 Å². The Kier molecular flexibility index (Phi) is 2.71. The van der Waals surface area contributed by atoms with Crippen LogP contribution in [0.3, 0.4) is 0 Å². The van der Waals surface area contributed by atoms with Crippen molar-refractivity contribution < 1.29 is 0 Å². The molecule has 92 valence electrons. The van der Waals surface area contributed by atoms with Crippen LogP contribution in [0.15, 0.2) is 23.2 Å². The van der Waals surface area contributed by atoms with Gasteiger partial charge in [0.15, 0.2) is 5.82 Å². The van der Waals surface area contributed by atoms with Gasteiger partial charge in [0.1, 0.15) is 5.82 Å². The molecule has 0 unspecified atom stereocenters. The van der Waals surface area contributed by atoms with E-state index >= 15 is 0 Å². The molecule has 0 aromatic carbocycles. The summed E-state index contributed by atoms with van der Waals surface area (Å²) in [5.74, 6) is 1.63. The van der Waals surface area contributed by atoms with Crippen LogP contribution in [0.5, 0.6) is 0 Å². The number of hydrogen-bond donors (Lipinski definition) is 1. The molecule has 0 bridgehead atoms. The van der Waals surface area contributed by atoms with E-state index < -0.39 is 0 Å². The van der Waals surface area contributed by atoms with E-state index in [0.717, 1.165) is 23.8 Å². The fraction of sp³-hybridized carbons (Fsp3) is 0.250. The molecule has 3 heterocycles. The molecule has 3 rings (SSSR count). The highest BCUT2D eigenvalue weighted by Gasteiger charge is 2.07. The third-order valence-corrected chi connectivity index (χ3v) is 3.82. The number of aromatic nitrogens is 4. The molecular formula is C12H13N5S. The zero-order chi connectivity index (χ0) is 12.5. The fourth-order valence-corrected chi connectivity index (χ4v) is 2.67. The number of anilines is 1. The van der Waals surface area contributed by atoms with Crippen molar-refractivity contribution in [3.63, 3.8) is 0 Å². The van der Waals surface area contributed by atoms with Gasteiger partial charge >= 0.3 is 0 Å². The topological polar surface area (TPSA) is 55.1 Å². The first-order valence-electron chi connectivity index (χ1n) is 5.67. The molecular weight excluding hydrogens is 246 g/mol. The smallest absolute Gasteiger partial charge is 0.203 e. The highest BCUT2D eigenvalue weighted by Crippen LogP contribution is 2.17. The van der Waals surface area contributed by atoms with E-state index in [0.29, 0.717) is 0 Å². The molecule has 0 fully saturated rings. The molecule has 3 aromatic heterocycles. The third-order valence-electron chi connectivity index (χ3n) is 2.91. The maximum Gasteiger partial charge on any atom is 0.203 e. The molecule has 18 heavy (non-hydrogen) atoms. The predicted molar refractivity (Wildman–Crippen MR) is 71.9 cm³/mol. The number of hydrogen-bond acceptors (Lipinski definition) is 5. The fourth-order valence-electron chi connectivity index (χ4n) is 1.81. The standard InChI is InChI=1S/C12H13N5S/c1-8-6-18-7-10(8)5-14-11-12-16-15-9(2)17(12)4-3-13-11/h3-4,6-7H,5H2,1-2H3,(H,13,14). The van der Waals surface area contributed by atoms with Crippen LogP contribution in [0.1, 0.15) is 17.0 Å². The van der Waals surface area contributed by atoms with Gasteiger partial charge in [-0.05, 0) is 35.7 Å². The van der Waals surface area contributed by atoms with Crippen LogP contribution in [0, 0.1) is 13.8 Å². The van der Waals surface area contributed by atoms with Gasteiger partial charge < -0.3 is 5.32 Å². The van der Waals surface area contributed by atoms with E-state index in [1.54, 1.807) is 17.5 Å². The number of thiophene rings is 1. The number of nitrogens with zero attached hydrogens (tertiary/aromatic N) is 4. The molecule has 6 heteroatoms. The first kappa shape index (κ1) is 11.2. The lowest BCUT2D eigenvalue weighted by Gasteiger charge is -2.06. The monoisotopic (exact) mass is 259 g/mol. The lowest BCUT2D eigenvalue weighted by atomic mass is 10.2. The molecule has 5 nitrogen and oxygen atoms in total. The minimum absolute atomic E-state index is 0.758. The molecule has 3 aromatic rings. The van der Waals surface area contributed by atoms with E-state index in [-0.39, 0.29) is 0 Å². The molecule has 0 amide bonds. The van der Waals surface area contributed by atoms with Crippen molar-refractivity contribution in [3.8, 4) is 0 Å². The molecule has 1 N–H and O–H groups in total. The highest BCUT2D eigenvalue weighted by atomic mass is 32.1. The van der Waals surface area contributed by atoms with E-state index in [1.807, 2.05) is 17.5 Å². The van der Waals surface area contributed by atoms with Crippen molar-refractivity contribution in [2.24, 2.45) is 0 Å². The van der Waals surface area contributed by atoms with Gasteiger partial charge in [0.05, 0.1) is 0 Å². The number of rotatable bonds is 3. The highest BCUT2D eigenvalue weighted by molar-refractivity contribution is 7.08.